The van der Waals surface area contributed by atoms with Gasteiger partial charge < -0.3 is 0 Å². The van der Waals surface area contributed by atoms with E-state index in [0.29, 0.717) is 10.3 Å². The molecule has 8 saturated carbocycles. The van der Waals surface area contributed by atoms with Crippen LogP contribution < -0.4 is 0 Å². The average molecular weight is 737 g/mol. The Kier molecular flexibility index (Phi) is 7.71. The molecule has 0 saturated heterocycles. The van der Waals surface area contributed by atoms with E-state index in [9.17, 15) is 0 Å². The normalized spacial score (nSPS) is 35.1. The molecule has 1 atom stereocenters. The molecule has 4 heteroatoms. The maximum Gasteiger partial charge on any atom is 0.0902 e. The van der Waals surface area contributed by atoms with Crippen molar-refractivity contribution in [1.82, 2.24) is 9.97 Å². The lowest BCUT2D eigenvalue weighted by Crippen LogP contribution is -2.57. The topological polar surface area (TPSA) is 25.8 Å². The maximum absolute atomic E-state index is 5.55. The molecule has 2 aromatic heterocycles. The first kappa shape index (κ1) is 33.9. The van der Waals surface area contributed by atoms with E-state index in [1.165, 1.54) is 16.9 Å². The van der Waals surface area contributed by atoms with E-state index in [1.807, 2.05) is 0 Å². The SMILES string of the molecule is CC(C)(C)C1=CC(CP(C23CC4CC(CC(C4)C2)C3)C23CC4CC(CC(C4)C2)C3)=C(C(P)(c2ccc3ccccc3n2)c2ccc3ccccc3n2)C1. The first-order valence-corrected chi connectivity index (χ1v) is 23.4. The monoisotopic (exact) mass is 736 g/mol. The van der Waals surface area contributed by atoms with Gasteiger partial charge in [0.1, 0.15) is 0 Å². The zero-order chi connectivity index (χ0) is 35.7. The van der Waals surface area contributed by atoms with E-state index in [1.54, 1.807) is 93.8 Å². The van der Waals surface area contributed by atoms with Gasteiger partial charge in [-0.15, -0.1) is 9.24 Å². The van der Waals surface area contributed by atoms with E-state index in [0.717, 1.165) is 64.3 Å². The molecule has 274 valence electrons. The summed E-state index contributed by atoms with van der Waals surface area (Å²) in [5.41, 5.74) is 9.34. The molecule has 2 heterocycles. The van der Waals surface area contributed by atoms with Crippen LogP contribution in [0.3, 0.4) is 0 Å². The van der Waals surface area contributed by atoms with Crippen molar-refractivity contribution in [2.24, 2.45) is 40.9 Å². The molecule has 0 N–H and O–H groups in total. The van der Waals surface area contributed by atoms with Crippen molar-refractivity contribution in [2.45, 2.75) is 120 Å². The molecule has 0 radical (unpaired) electrons. The van der Waals surface area contributed by atoms with Crippen LogP contribution in [0, 0.1) is 40.9 Å². The van der Waals surface area contributed by atoms with Gasteiger partial charge >= 0.3 is 0 Å². The van der Waals surface area contributed by atoms with Crippen LogP contribution in [-0.2, 0) is 5.16 Å². The lowest BCUT2D eigenvalue weighted by Gasteiger charge is -2.67. The summed E-state index contributed by atoms with van der Waals surface area (Å²) in [5.74, 6) is 6.01. The fraction of sp³-hybridized carbons (Fsp3) is 0.551. The molecule has 8 bridgehead atoms. The molecular weight excluding hydrogens is 679 g/mol. The lowest BCUT2D eigenvalue weighted by atomic mass is 9.55. The molecule has 9 aliphatic rings. The van der Waals surface area contributed by atoms with Gasteiger partial charge in [-0.2, -0.15) is 0 Å². The van der Waals surface area contributed by atoms with Gasteiger partial charge in [0.05, 0.1) is 27.6 Å². The van der Waals surface area contributed by atoms with Crippen LogP contribution in [0.1, 0.15) is 116 Å². The number of fused-ring (bicyclic) bond motifs is 2. The summed E-state index contributed by atoms with van der Waals surface area (Å²) in [6, 6.07) is 26.6. The van der Waals surface area contributed by atoms with Crippen LogP contribution in [0.4, 0.5) is 0 Å². The maximum atomic E-state index is 5.55. The van der Waals surface area contributed by atoms with Crippen molar-refractivity contribution in [3.05, 3.63) is 107 Å². The third-order valence-corrected chi connectivity index (χ3v) is 21.0. The van der Waals surface area contributed by atoms with Gasteiger partial charge in [-0.1, -0.05) is 88.9 Å². The summed E-state index contributed by atoms with van der Waals surface area (Å²) in [6.45, 7) is 7.36. The summed E-state index contributed by atoms with van der Waals surface area (Å²) in [6.07, 6.45) is 23.6. The van der Waals surface area contributed by atoms with Crippen LogP contribution in [-0.4, -0.2) is 26.4 Å². The molecule has 2 aromatic carbocycles. The van der Waals surface area contributed by atoms with Crippen molar-refractivity contribution in [3.8, 4) is 0 Å². The first-order chi connectivity index (χ1) is 25.6. The Labute approximate surface area is 321 Å². The Balaban J connectivity index is 1.12. The lowest BCUT2D eigenvalue weighted by molar-refractivity contribution is 0.0187. The molecule has 53 heavy (non-hydrogen) atoms. The Hall–Kier alpha value is -2.40. The minimum atomic E-state index is -0.517. The van der Waals surface area contributed by atoms with E-state index in [2.05, 4.69) is 109 Å². The number of hydrogen-bond donors (Lipinski definition) is 0. The molecule has 13 rings (SSSR count). The van der Waals surface area contributed by atoms with Gasteiger partial charge in [0.25, 0.3) is 0 Å². The second-order valence-electron chi connectivity index (χ2n) is 20.6. The molecule has 9 aliphatic carbocycles. The summed E-state index contributed by atoms with van der Waals surface area (Å²) in [5, 5.41) is 3.08. The molecule has 0 aliphatic heterocycles. The van der Waals surface area contributed by atoms with Gasteiger partial charge in [-0.25, -0.2) is 0 Å². The van der Waals surface area contributed by atoms with Crippen molar-refractivity contribution < 1.29 is 0 Å². The highest BCUT2D eigenvalue weighted by atomic mass is 31.1. The zero-order valence-corrected chi connectivity index (χ0v) is 34.3. The predicted molar refractivity (Wildman–Crippen MR) is 227 cm³/mol. The standard InChI is InChI=1S/C49H58N2P2/c1-46(2,3)40-22-39(30-53(47-24-31-16-32(25-47)18-33(17-31)26-47)48-27-34-19-35(28-48)21-36(20-34)29-48)41(23-40)49(52,44-14-12-37-8-4-6-10-42(37)50-44)45-15-13-38-9-5-7-11-43(38)51-45/h4-15,22,31-36H,16-21,23-30,52H2,1-3H3. The van der Waals surface area contributed by atoms with Gasteiger partial charge in [-0.05, 0) is 176 Å². The number of nitrogens with zero attached hydrogens (tertiary/aromatic N) is 2. The molecule has 8 fully saturated rings. The van der Waals surface area contributed by atoms with Crippen molar-refractivity contribution in [3.63, 3.8) is 0 Å². The highest BCUT2D eigenvalue weighted by Crippen LogP contribution is 2.79. The number of para-hydroxylation sites is 2. The Morgan fingerprint density at radius 2 is 1.02 bits per heavy atom. The number of benzene rings is 2. The summed E-state index contributed by atoms with van der Waals surface area (Å²) < 4.78 is 0. The molecule has 0 spiro atoms. The smallest absolute Gasteiger partial charge is 0.0902 e. The second-order valence-corrected chi connectivity index (χ2v) is 24.5. The van der Waals surface area contributed by atoms with E-state index < -0.39 is 5.16 Å². The van der Waals surface area contributed by atoms with Crippen LogP contribution in [0.25, 0.3) is 21.8 Å². The second kappa shape index (κ2) is 12.1. The van der Waals surface area contributed by atoms with Gasteiger partial charge in [0, 0.05) is 10.8 Å². The largest absolute Gasteiger partial charge is 0.251 e. The number of aromatic nitrogens is 2. The highest BCUT2D eigenvalue weighted by molar-refractivity contribution is 7.61. The third kappa shape index (κ3) is 5.45. The summed E-state index contributed by atoms with van der Waals surface area (Å²) >= 11 is 0. The van der Waals surface area contributed by atoms with E-state index >= 15 is 0 Å². The molecule has 1 unspecified atom stereocenters. The third-order valence-electron chi connectivity index (χ3n) is 16.0. The quantitative estimate of drug-likeness (QED) is 0.177. The zero-order valence-electron chi connectivity index (χ0n) is 32.3. The minimum absolute atomic E-state index is 0.107. The molecule has 0 amide bonds. The molecular formula is C49H58N2P2. The van der Waals surface area contributed by atoms with Crippen LogP contribution in [0.5, 0.6) is 0 Å². The fourth-order valence-electron chi connectivity index (χ4n) is 14.5. The Bertz CT molecular complexity index is 1990. The van der Waals surface area contributed by atoms with Crippen molar-refractivity contribution in [2.75, 3.05) is 6.16 Å². The van der Waals surface area contributed by atoms with Crippen LogP contribution in [0.15, 0.2) is 95.6 Å². The van der Waals surface area contributed by atoms with E-state index in [4.69, 9.17) is 9.97 Å². The minimum Gasteiger partial charge on any atom is -0.251 e. The highest BCUT2D eigenvalue weighted by Gasteiger charge is 2.63. The Morgan fingerprint density at radius 3 is 1.43 bits per heavy atom. The Morgan fingerprint density at radius 1 is 0.604 bits per heavy atom. The van der Waals surface area contributed by atoms with Gasteiger partial charge in [0.2, 0.25) is 0 Å². The first-order valence-electron chi connectivity index (χ1n) is 21.3. The number of hydrogen-bond acceptors (Lipinski definition) is 2. The molecule has 4 aromatic rings. The fourth-order valence-corrected chi connectivity index (χ4v) is 20.3. The van der Waals surface area contributed by atoms with Crippen LogP contribution >= 0.6 is 17.2 Å². The molecule has 2 nitrogen and oxygen atoms in total. The van der Waals surface area contributed by atoms with Crippen molar-refractivity contribution >= 4 is 39.0 Å². The number of allylic oxidation sites excluding steroid dienone is 4. The summed E-state index contributed by atoms with van der Waals surface area (Å²) in [7, 11) is 3.26. The van der Waals surface area contributed by atoms with Gasteiger partial charge in [0.15, 0.2) is 0 Å². The average Bonchev–Trinajstić information content (AvgIpc) is 3.57. The van der Waals surface area contributed by atoms with Gasteiger partial charge in [-0.3, -0.25) is 9.97 Å². The van der Waals surface area contributed by atoms with Crippen molar-refractivity contribution in [1.29, 1.82) is 0 Å². The number of rotatable bonds is 7. The predicted octanol–water partition coefficient (Wildman–Crippen LogP) is 13.0. The number of pyridine rings is 2. The van der Waals surface area contributed by atoms with E-state index in [-0.39, 0.29) is 13.3 Å². The summed E-state index contributed by atoms with van der Waals surface area (Å²) in [4.78, 5) is 11.1. The van der Waals surface area contributed by atoms with Crippen LogP contribution in [0.2, 0.25) is 0 Å².